The Morgan fingerprint density at radius 2 is 1.84 bits per heavy atom. The normalized spacial score (nSPS) is 10.1. The molecule has 0 aliphatic carbocycles. The van der Waals surface area contributed by atoms with Crippen LogP contribution in [0.3, 0.4) is 0 Å². The molecule has 98 valence electrons. The third kappa shape index (κ3) is 3.23. The van der Waals surface area contributed by atoms with E-state index in [1.807, 2.05) is 12.1 Å². The second-order valence-electron chi connectivity index (χ2n) is 3.87. The minimum atomic E-state index is -0.447. The lowest BCUT2D eigenvalue weighted by Crippen LogP contribution is -2.14. The molecule has 2 aromatic carbocycles. The number of halogens is 2. The largest absolute Gasteiger partial charge is 0.385 e. The maximum Gasteiger partial charge on any atom is 0.257 e. The van der Waals surface area contributed by atoms with Crippen LogP contribution in [0.4, 0.5) is 15.8 Å². The first-order valence-corrected chi connectivity index (χ1v) is 6.73. The summed E-state index contributed by atoms with van der Waals surface area (Å²) in [6.07, 6.45) is 0. The molecule has 0 aromatic heterocycles. The highest BCUT2D eigenvalue weighted by Crippen LogP contribution is 2.21. The first-order chi connectivity index (χ1) is 9.11. The lowest BCUT2D eigenvalue weighted by molar-refractivity contribution is 0.102. The number of para-hydroxylation sites is 1. The Bertz CT molecular complexity index is 599. The standard InChI is InChI=1S/C14H12FIN2O/c1-17-13-11(3-2-4-12(13)15)14(19)18-10-7-5-9(16)6-8-10/h2-8,17H,1H3,(H,18,19). The van der Waals surface area contributed by atoms with E-state index in [0.717, 1.165) is 3.57 Å². The Hall–Kier alpha value is -1.63. The monoisotopic (exact) mass is 370 g/mol. The van der Waals surface area contributed by atoms with Crippen molar-refractivity contribution in [2.45, 2.75) is 0 Å². The zero-order valence-corrected chi connectivity index (χ0v) is 12.4. The minimum Gasteiger partial charge on any atom is -0.385 e. The summed E-state index contributed by atoms with van der Waals surface area (Å²) >= 11 is 2.19. The van der Waals surface area contributed by atoms with Crippen molar-refractivity contribution in [1.29, 1.82) is 0 Å². The Morgan fingerprint density at radius 3 is 2.47 bits per heavy atom. The van der Waals surface area contributed by atoms with E-state index in [0.29, 0.717) is 5.69 Å². The second-order valence-corrected chi connectivity index (χ2v) is 5.12. The van der Waals surface area contributed by atoms with Gasteiger partial charge in [-0.25, -0.2) is 4.39 Å². The third-order valence-corrected chi connectivity index (χ3v) is 3.33. The predicted molar refractivity (Wildman–Crippen MR) is 83.1 cm³/mol. The molecule has 0 aliphatic heterocycles. The third-order valence-electron chi connectivity index (χ3n) is 2.61. The van der Waals surface area contributed by atoms with Gasteiger partial charge in [0.15, 0.2) is 0 Å². The molecular weight excluding hydrogens is 358 g/mol. The lowest BCUT2D eigenvalue weighted by Gasteiger charge is -2.10. The summed E-state index contributed by atoms with van der Waals surface area (Å²) in [5.74, 6) is -0.789. The van der Waals surface area contributed by atoms with Gasteiger partial charge in [-0.2, -0.15) is 0 Å². The van der Waals surface area contributed by atoms with Crippen molar-refractivity contribution in [3.63, 3.8) is 0 Å². The van der Waals surface area contributed by atoms with Crippen LogP contribution in [0, 0.1) is 9.39 Å². The summed E-state index contributed by atoms with van der Waals surface area (Å²) < 4.78 is 14.6. The molecule has 0 radical (unpaired) electrons. The second kappa shape index (κ2) is 6.01. The fourth-order valence-electron chi connectivity index (χ4n) is 1.70. The molecule has 0 spiro atoms. The molecule has 2 N–H and O–H groups in total. The highest BCUT2D eigenvalue weighted by molar-refractivity contribution is 14.1. The summed E-state index contributed by atoms with van der Waals surface area (Å²) in [6.45, 7) is 0. The average molecular weight is 370 g/mol. The van der Waals surface area contributed by atoms with Crippen LogP contribution < -0.4 is 10.6 Å². The van der Waals surface area contributed by atoms with Gasteiger partial charge in [0.05, 0.1) is 11.3 Å². The summed E-state index contributed by atoms with van der Waals surface area (Å²) in [4.78, 5) is 12.1. The van der Waals surface area contributed by atoms with Crippen molar-refractivity contribution < 1.29 is 9.18 Å². The van der Waals surface area contributed by atoms with Gasteiger partial charge in [0.2, 0.25) is 0 Å². The predicted octanol–water partition coefficient (Wildman–Crippen LogP) is 3.72. The number of anilines is 2. The van der Waals surface area contributed by atoms with E-state index in [2.05, 4.69) is 33.2 Å². The van der Waals surface area contributed by atoms with Crippen LogP contribution in [0.5, 0.6) is 0 Å². The zero-order valence-electron chi connectivity index (χ0n) is 10.2. The van der Waals surface area contributed by atoms with E-state index in [1.54, 1.807) is 25.2 Å². The average Bonchev–Trinajstić information content (AvgIpc) is 2.41. The molecule has 0 aliphatic rings. The summed E-state index contributed by atoms with van der Waals surface area (Å²) in [7, 11) is 1.58. The molecule has 0 fully saturated rings. The van der Waals surface area contributed by atoms with Crippen LogP contribution in [-0.4, -0.2) is 13.0 Å². The first kappa shape index (κ1) is 13.8. The maximum absolute atomic E-state index is 13.6. The van der Waals surface area contributed by atoms with Gasteiger partial charge in [-0.05, 0) is 59.0 Å². The van der Waals surface area contributed by atoms with E-state index in [1.165, 1.54) is 12.1 Å². The smallest absolute Gasteiger partial charge is 0.257 e. The van der Waals surface area contributed by atoms with E-state index < -0.39 is 5.82 Å². The van der Waals surface area contributed by atoms with Crippen LogP contribution in [-0.2, 0) is 0 Å². The fourth-order valence-corrected chi connectivity index (χ4v) is 2.06. The molecule has 1 amide bonds. The number of carbonyl (C=O) groups excluding carboxylic acids is 1. The van der Waals surface area contributed by atoms with Crippen LogP contribution in [0.15, 0.2) is 42.5 Å². The van der Waals surface area contributed by atoms with Crippen molar-refractivity contribution >= 4 is 39.9 Å². The summed E-state index contributed by atoms with van der Waals surface area (Å²) in [5.41, 5.74) is 1.16. The van der Waals surface area contributed by atoms with Gasteiger partial charge in [-0.1, -0.05) is 6.07 Å². The molecule has 0 atom stereocenters. The Balaban J connectivity index is 2.25. The van der Waals surface area contributed by atoms with Crippen LogP contribution in [0.2, 0.25) is 0 Å². The SMILES string of the molecule is CNc1c(F)cccc1C(=O)Nc1ccc(I)cc1. The number of amides is 1. The number of hydrogen-bond acceptors (Lipinski definition) is 2. The maximum atomic E-state index is 13.6. The number of carbonyl (C=O) groups is 1. The lowest BCUT2D eigenvalue weighted by atomic mass is 10.1. The van der Waals surface area contributed by atoms with Gasteiger partial charge in [-0.15, -0.1) is 0 Å². The highest BCUT2D eigenvalue weighted by atomic mass is 127. The number of rotatable bonds is 3. The molecular formula is C14H12FIN2O. The van der Waals surface area contributed by atoms with E-state index in [-0.39, 0.29) is 17.2 Å². The van der Waals surface area contributed by atoms with Gasteiger partial charge in [0.1, 0.15) is 5.82 Å². The number of nitrogens with one attached hydrogen (secondary N) is 2. The fraction of sp³-hybridized carbons (Fsp3) is 0.0714. The van der Waals surface area contributed by atoms with Gasteiger partial charge < -0.3 is 10.6 Å². The van der Waals surface area contributed by atoms with Gasteiger partial charge in [0.25, 0.3) is 5.91 Å². The van der Waals surface area contributed by atoms with Gasteiger partial charge in [-0.3, -0.25) is 4.79 Å². The van der Waals surface area contributed by atoms with E-state index >= 15 is 0 Å². The molecule has 19 heavy (non-hydrogen) atoms. The number of benzene rings is 2. The highest BCUT2D eigenvalue weighted by Gasteiger charge is 2.14. The zero-order chi connectivity index (χ0) is 13.8. The van der Waals surface area contributed by atoms with E-state index in [4.69, 9.17) is 0 Å². The van der Waals surface area contributed by atoms with Crippen LogP contribution in [0.25, 0.3) is 0 Å². The van der Waals surface area contributed by atoms with E-state index in [9.17, 15) is 9.18 Å². The minimum absolute atomic E-state index is 0.200. The van der Waals surface area contributed by atoms with Crippen molar-refractivity contribution in [3.05, 3.63) is 57.4 Å². The molecule has 3 nitrogen and oxygen atoms in total. The van der Waals surface area contributed by atoms with Gasteiger partial charge >= 0.3 is 0 Å². The summed E-state index contributed by atoms with van der Waals surface area (Å²) in [5, 5.41) is 5.44. The molecule has 0 unspecified atom stereocenters. The molecule has 2 aromatic rings. The summed E-state index contributed by atoms with van der Waals surface area (Å²) in [6, 6.07) is 11.8. The van der Waals surface area contributed by atoms with Crippen molar-refractivity contribution in [2.75, 3.05) is 17.7 Å². The Morgan fingerprint density at radius 1 is 1.16 bits per heavy atom. The Kier molecular flexibility index (Phi) is 4.36. The molecule has 5 heteroatoms. The van der Waals surface area contributed by atoms with Crippen LogP contribution in [0.1, 0.15) is 10.4 Å². The van der Waals surface area contributed by atoms with Crippen molar-refractivity contribution in [1.82, 2.24) is 0 Å². The Labute approximate surface area is 124 Å². The van der Waals surface area contributed by atoms with Crippen LogP contribution >= 0.6 is 22.6 Å². The number of hydrogen-bond donors (Lipinski definition) is 2. The molecule has 0 saturated carbocycles. The quantitative estimate of drug-likeness (QED) is 0.809. The molecule has 0 heterocycles. The van der Waals surface area contributed by atoms with Crippen molar-refractivity contribution in [3.8, 4) is 0 Å². The molecule has 2 rings (SSSR count). The first-order valence-electron chi connectivity index (χ1n) is 5.65. The topological polar surface area (TPSA) is 41.1 Å². The van der Waals surface area contributed by atoms with Crippen molar-refractivity contribution in [2.24, 2.45) is 0 Å². The van der Waals surface area contributed by atoms with Gasteiger partial charge in [0, 0.05) is 16.3 Å². The molecule has 0 bridgehead atoms. The molecule has 0 saturated heterocycles.